The summed E-state index contributed by atoms with van der Waals surface area (Å²) in [5.41, 5.74) is 0.772. The van der Waals surface area contributed by atoms with Crippen LogP contribution in [0.2, 0.25) is 0 Å². The molecule has 7 heteroatoms. The molecule has 0 bridgehead atoms. The van der Waals surface area contributed by atoms with Crippen molar-refractivity contribution < 1.29 is 4.79 Å². The molecular formula is C12H18N6O. The predicted molar refractivity (Wildman–Crippen MR) is 71.0 cm³/mol. The molecule has 2 rings (SSSR count). The predicted octanol–water partition coefficient (Wildman–Crippen LogP) is 1.64. The van der Waals surface area contributed by atoms with Crippen LogP contribution >= 0.6 is 0 Å². The summed E-state index contributed by atoms with van der Waals surface area (Å²) in [6.07, 6.45) is 2.47. The fourth-order valence-corrected chi connectivity index (χ4v) is 1.56. The number of amides is 1. The van der Waals surface area contributed by atoms with Crippen molar-refractivity contribution in [2.24, 2.45) is 0 Å². The van der Waals surface area contributed by atoms with Crippen molar-refractivity contribution in [3.05, 3.63) is 23.4 Å². The quantitative estimate of drug-likeness (QED) is 0.782. The molecule has 3 N–H and O–H groups in total. The molecular weight excluding hydrogens is 244 g/mol. The van der Waals surface area contributed by atoms with E-state index in [1.54, 1.807) is 6.20 Å². The molecule has 2 heterocycles. The molecule has 0 aromatic carbocycles. The zero-order chi connectivity index (χ0) is 14.0. The van der Waals surface area contributed by atoms with Gasteiger partial charge in [-0.25, -0.2) is 4.98 Å². The molecule has 0 aliphatic heterocycles. The van der Waals surface area contributed by atoms with Gasteiger partial charge < -0.3 is 5.32 Å². The number of carbonyl (C=O) groups is 1. The summed E-state index contributed by atoms with van der Waals surface area (Å²) >= 11 is 0. The summed E-state index contributed by atoms with van der Waals surface area (Å²) in [5, 5.41) is 16.1. The first kappa shape index (κ1) is 13.3. The van der Waals surface area contributed by atoms with E-state index in [1.807, 2.05) is 27.7 Å². The van der Waals surface area contributed by atoms with Crippen LogP contribution in [0.4, 0.5) is 5.82 Å². The van der Waals surface area contributed by atoms with Crippen molar-refractivity contribution in [2.45, 2.75) is 39.5 Å². The van der Waals surface area contributed by atoms with Gasteiger partial charge in [0.2, 0.25) is 5.82 Å². The number of carbonyl (C=O) groups excluding carboxylic acids is 1. The van der Waals surface area contributed by atoms with Crippen LogP contribution in [0.1, 0.15) is 49.7 Å². The Morgan fingerprint density at radius 3 is 2.68 bits per heavy atom. The summed E-state index contributed by atoms with van der Waals surface area (Å²) in [6, 6.07) is 0. The lowest BCUT2D eigenvalue weighted by atomic mass is 9.96. The molecule has 0 saturated heterocycles. The average molecular weight is 262 g/mol. The number of aromatic nitrogens is 5. The first-order valence-corrected chi connectivity index (χ1v) is 6.18. The van der Waals surface area contributed by atoms with Crippen molar-refractivity contribution >= 4 is 11.7 Å². The smallest absolute Gasteiger partial charge is 0.296 e. The van der Waals surface area contributed by atoms with Gasteiger partial charge >= 0.3 is 0 Å². The fraction of sp³-hybridized carbons (Fsp3) is 0.500. The second-order valence-electron chi connectivity index (χ2n) is 5.34. The number of aryl methyl sites for hydroxylation is 1. The van der Waals surface area contributed by atoms with Gasteiger partial charge in [0.05, 0.1) is 6.20 Å². The van der Waals surface area contributed by atoms with Crippen molar-refractivity contribution in [1.29, 1.82) is 0 Å². The minimum absolute atomic E-state index is 0.126. The van der Waals surface area contributed by atoms with Crippen molar-refractivity contribution in [2.75, 3.05) is 5.32 Å². The SMILES string of the molecule is CCc1cn[nH]c1NC(=O)c1n[nH]c(C(C)(C)C)n1. The van der Waals surface area contributed by atoms with Gasteiger partial charge in [0, 0.05) is 11.0 Å². The van der Waals surface area contributed by atoms with Gasteiger partial charge in [0.1, 0.15) is 11.6 Å². The molecule has 1 amide bonds. The Morgan fingerprint density at radius 1 is 1.37 bits per heavy atom. The number of anilines is 1. The summed E-state index contributed by atoms with van der Waals surface area (Å²) in [4.78, 5) is 16.2. The Kier molecular flexibility index (Phi) is 3.37. The minimum Gasteiger partial charge on any atom is -0.304 e. The lowest BCUT2D eigenvalue weighted by molar-refractivity contribution is 0.101. The van der Waals surface area contributed by atoms with Crippen LogP contribution in [0.25, 0.3) is 0 Å². The normalized spacial score (nSPS) is 11.6. The molecule has 0 atom stereocenters. The molecule has 2 aromatic heterocycles. The zero-order valence-electron chi connectivity index (χ0n) is 11.5. The topological polar surface area (TPSA) is 99.4 Å². The molecule has 0 spiro atoms. The monoisotopic (exact) mass is 262 g/mol. The summed E-state index contributed by atoms with van der Waals surface area (Å²) in [6.45, 7) is 7.99. The average Bonchev–Trinajstić information content (AvgIpc) is 2.95. The van der Waals surface area contributed by atoms with E-state index in [-0.39, 0.29) is 17.1 Å². The number of nitrogens with zero attached hydrogens (tertiary/aromatic N) is 3. The number of hydrogen-bond donors (Lipinski definition) is 3. The summed E-state index contributed by atoms with van der Waals surface area (Å²) in [7, 11) is 0. The van der Waals surface area contributed by atoms with E-state index in [4.69, 9.17) is 0 Å². The van der Waals surface area contributed by atoms with Crippen molar-refractivity contribution in [3.8, 4) is 0 Å². The lowest BCUT2D eigenvalue weighted by Gasteiger charge is -2.12. The highest BCUT2D eigenvalue weighted by Crippen LogP contribution is 2.18. The van der Waals surface area contributed by atoms with E-state index in [9.17, 15) is 4.79 Å². The highest BCUT2D eigenvalue weighted by molar-refractivity contribution is 6.01. The molecule has 0 saturated carbocycles. The van der Waals surface area contributed by atoms with Crippen LogP contribution in [0, 0.1) is 0 Å². The van der Waals surface area contributed by atoms with Gasteiger partial charge in [-0.05, 0) is 6.42 Å². The van der Waals surface area contributed by atoms with Gasteiger partial charge in [0.25, 0.3) is 5.91 Å². The number of aromatic amines is 2. The third kappa shape index (κ3) is 2.81. The summed E-state index contributed by atoms with van der Waals surface area (Å²) < 4.78 is 0. The van der Waals surface area contributed by atoms with Gasteiger partial charge in [0.15, 0.2) is 0 Å². The Morgan fingerprint density at radius 2 is 2.11 bits per heavy atom. The highest BCUT2D eigenvalue weighted by atomic mass is 16.2. The Balaban J connectivity index is 2.15. The number of H-pyrrole nitrogens is 2. The van der Waals surface area contributed by atoms with Crippen molar-refractivity contribution in [1.82, 2.24) is 25.4 Å². The Bertz CT molecular complexity index is 577. The maximum Gasteiger partial charge on any atom is 0.296 e. The first-order valence-electron chi connectivity index (χ1n) is 6.18. The van der Waals surface area contributed by atoms with Crippen molar-refractivity contribution in [3.63, 3.8) is 0 Å². The van der Waals surface area contributed by atoms with E-state index in [0.717, 1.165) is 12.0 Å². The number of nitrogens with one attached hydrogen (secondary N) is 3. The minimum atomic E-state index is -0.356. The first-order chi connectivity index (χ1) is 8.91. The maximum atomic E-state index is 12.0. The molecule has 19 heavy (non-hydrogen) atoms. The fourth-order valence-electron chi connectivity index (χ4n) is 1.56. The van der Waals surface area contributed by atoms with Gasteiger partial charge in [-0.2, -0.15) is 5.10 Å². The molecule has 2 aromatic rings. The summed E-state index contributed by atoms with van der Waals surface area (Å²) in [5.74, 6) is 1.04. The zero-order valence-corrected chi connectivity index (χ0v) is 11.5. The molecule has 0 radical (unpaired) electrons. The van der Waals surface area contributed by atoms with E-state index in [0.29, 0.717) is 11.6 Å². The molecule has 0 fully saturated rings. The number of rotatable bonds is 3. The second-order valence-corrected chi connectivity index (χ2v) is 5.34. The molecule has 7 nitrogen and oxygen atoms in total. The van der Waals surface area contributed by atoms with Gasteiger partial charge in [-0.1, -0.05) is 27.7 Å². The van der Waals surface area contributed by atoms with Gasteiger partial charge in [-0.3, -0.25) is 15.0 Å². The molecule has 102 valence electrons. The van der Waals surface area contributed by atoms with Crippen LogP contribution < -0.4 is 5.32 Å². The lowest BCUT2D eigenvalue weighted by Crippen LogP contribution is -2.16. The van der Waals surface area contributed by atoms with E-state index < -0.39 is 0 Å². The van der Waals surface area contributed by atoms with Crippen LogP contribution in [-0.2, 0) is 11.8 Å². The third-order valence-corrected chi connectivity index (χ3v) is 2.74. The molecule has 0 aliphatic carbocycles. The van der Waals surface area contributed by atoms with Crippen LogP contribution in [0.15, 0.2) is 6.20 Å². The maximum absolute atomic E-state index is 12.0. The van der Waals surface area contributed by atoms with Crippen LogP contribution in [0.5, 0.6) is 0 Å². The van der Waals surface area contributed by atoms with Crippen LogP contribution in [0.3, 0.4) is 0 Å². The number of hydrogen-bond acceptors (Lipinski definition) is 4. The Hall–Kier alpha value is -2.18. The highest BCUT2D eigenvalue weighted by Gasteiger charge is 2.21. The standard InChI is InChI=1S/C12H18N6O/c1-5-7-6-13-16-8(7)14-10(19)9-15-11(18-17-9)12(2,3)4/h6H,5H2,1-4H3,(H,15,17,18)(H2,13,14,16,19). The Labute approximate surface area is 111 Å². The van der Waals surface area contributed by atoms with E-state index in [2.05, 4.69) is 30.7 Å². The second kappa shape index (κ2) is 4.83. The van der Waals surface area contributed by atoms with Gasteiger partial charge in [-0.15, -0.1) is 5.10 Å². The molecule has 0 aliphatic rings. The van der Waals surface area contributed by atoms with E-state index in [1.165, 1.54) is 0 Å². The molecule has 0 unspecified atom stereocenters. The largest absolute Gasteiger partial charge is 0.304 e. The third-order valence-electron chi connectivity index (χ3n) is 2.74. The van der Waals surface area contributed by atoms with E-state index >= 15 is 0 Å². The van der Waals surface area contributed by atoms with Crippen LogP contribution in [-0.4, -0.2) is 31.3 Å².